The van der Waals surface area contributed by atoms with Crippen LogP contribution in [0.2, 0.25) is 20.1 Å². The van der Waals surface area contributed by atoms with Gasteiger partial charge in [-0.25, -0.2) is 8.78 Å². The minimum atomic E-state index is -5.00. The van der Waals surface area contributed by atoms with E-state index >= 15 is 0 Å². The van der Waals surface area contributed by atoms with Crippen LogP contribution in [0.4, 0.5) is 48.3 Å². The van der Waals surface area contributed by atoms with E-state index in [9.17, 15) is 67.5 Å². The van der Waals surface area contributed by atoms with Crippen molar-refractivity contribution in [3.63, 3.8) is 0 Å². The van der Waals surface area contributed by atoms with E-state index in [2.05, 4.69) is 12.6 Å². The average molecular weight is 1120 g/mol. The first-order valence-corrected chi connectivity index (χ1v) is 22.4. The third-order valence-corrected chi connectivity index (χ3v) is 13.5. The van der Waals surface area contributed by atoms with E-state index in [1.54, 1.807) is 25.1 Å². The SMILES string of the molecule is C.C.CC(S)(CC(=O)c1ccc2c(c1)COC21CN(C(=O)CC(F)(F)F)C1)c1cc(Cl)c(F)c(Cl)c1.O=C(C=C(c1cc(Cl)c(F)c(Cl)c1)C(F)(F)F)c1ccc2c(c1)COC21CN(C(=O)CC(F)(F)F)C1. The molecule has 2 fully saturated rings. The number of benzene rings is 4. The Morgan fingerprint density at radius 2 is 1.00 bits per heavy atom. The maximum atomic E-state index is 13.8. The summed E-state index contributed by atoms with van der Waals surface area (Å²) in [5, 5.41) is -1.64. The Morgan fingerprint density at radius 1 is 0.611 bits per heavy atom. The highest BCUT2D eigenvalue weighted by Gasteiger charge is 2.54. The van der Waals surface area contributed by atoms with Gasteiger partial charge in [-0.05, 0) is 82.8 Å². The lowest BCUT2D eigenvalue weighted by atomic mass is 9.83. The van der Waals surface area contributed by atoms with Crippen LogP contribution < -0.4 is 0 Å². The molecule has 4 aromatic rings. The topological polar surface area (TPSA) is 93.2 Å². The van der Waals surface area contributed by atoms with Crippen LogP contribution >= 0.6 is 59.0 Å². The molecule has 0 bridgehead atoms. The number of rotatable bonds is 9. The molecule has 4 aliphatic heterocycles. The van der Waals surface area contributed by atoms with Gasteiger partial charge in [-0.15, -0.1) is 0 Å². The van der Waals surface area contributed by atoms with E-state index in [0.717, 1.165) is 20.9 Å². The third-order valence-electron chi connectivity index (χ3n) is 12.0. The summed E-state index contributed by atoms with van der Waals surface area (Å²) in [6, 6.07) is 13.2. The Kier molecular flexibility index (Phi) is 17.1. The molecule has 0 saturated carbocycles. The normalized spacial score (nSPS) is 17.3. The molecule has 2 amide bonds. The third kappa shape index (κ3) is 12.4. The molecule has 4 aromatic carbocycles. The van der Waals surface area contributed by atoms with E-state index < -0.39 is 97.7 Å². The maximum Gasteiger partial charge on any atom is 0.417 e. The zero-order valence-corrected chi connectivity index (χ0v) is 39.6. The van der Waals surface area contributed by atoms with Crippen molar-refractivity contribution < 1.29 is 76.9 Å². The second-order valence-electron chi connectivity index (χ2n) is 17.2. The molecule has 0 aliphatic carbocycles. The van der Waals surface area contributed by atoms with Crippen molar-refractivity contribution in [3.8, 4) is 0 Å². The second kappa shape index (κ2) is 21.1. The number of ketones is 2. The number of carbonyl (C=O) groups is 4. The van der Waals surface area contributed by atoms with Gasteiger partial charge in [0.25, 0.3) is 0 Å². The number of ether oxygens (including phenoxy) is 2. The summed E-state index contributed by atoms with van der Waals surface area (Å²) in [6.45, 7) is 1.65. The fourth-order valence-electron chi connectivity index (χ4n) is 8.45. The summed E-state index contributed by atoms with van der Waals surface area (Å²) in [5.74, 6) is -5.17. The van der Waals surface area contributed by atoms with Gasteiger partial charge in [0.1, 0.15) is 24.0 Å². The van der Waals surface area contributed by atoms with Crippen LogP contribution in [0.3, 0.4) is 0 Å². The first-order chi connectivity index (χ1) is 32.3. The average Bonchev–Trinajstić information content (AvgIpc) is 3.80. The molecule has 0 aromatic heterocycles. The van der Waals surface area contributed by atoms with E-state index in [1.807, 2.05) is 0 Å². The van der Waals surface area contributed by atoms with Gasteiger partial charge in [0.05, 0.1) is 65.1 Å². The molecule has 8 rings (SSSR count). The van der Waals surface area contributed by atoms with Gasteiger partial charge in [-0.2, -0.15) is 52.1 Å². The predicted octanol–water partition coefficient (Wildman–Crippen LogP) is 13.8. The molecule has 24 heteroatoms. The van der Waals surface area contributed by atoms with Gasteiger partial charge in [0.2, 0.25) is 11.8 Å². The first-order valence-electron chi connectivity index (χ1n) is 20.4. The van der Waals surface area contributed by atoms with E-state index in [4.69, 9.17) is 55.9 Å². The number of alkyl halides is 9. The number of amides is 2. The van der Waals surface area contributed by atoms with Crippen LogP contribution in [0, 0.1) is 11.6 Å². The Bertz CT molecular complexity index is 2800. The van der Waals surface area contributed by atoms with Crippen molar-refractivity contribution in [2.75, 3.05) is 26.2 Å². The summed E-state index contributed by atoms with van der Waals surface area (Å²) in [4.78, 5) is 51.4. The van der Waals surface area contributed by atoms with Crippen molar-refractivity contribution >= 4 is 88.0 Å². The molecule has 4 aliphatic rings. The molecule has 390 valence electrons. The molecule has 2 spiro atoms. The number of likely N-dealkylation sites (tertiary alicyclic amines) is 2. The van der Waals surface area contributed by atoms with Crippen molar-refractivity contribution in [3.05, 3.63) is 143 Å². The second-order valence-corrected chi connectivity index (χ2v) is 19.8. The highest BCUT2D eigenvalue weighted by molar-refractivity contribution is 7.81. The molecule has 8 nitrogen and oxygen atoms in total. The van der Waals surface area contributed by atoms with Gasteiger partial charge in [0, 0.05) is 22.3 Å². The fraction of sp³-hybridized carbons (Fsp3) is 0.375. The van der Waals surface area contributed by atoms with E-state index in [1.165, 1.54) is 30.3 Å². The number of Topliss-reactive ketones (excluding diaryl/α,β-unsaturated/α-hetero) is 1. The monoisotopic (exact) mass is 1120 g/mol. The minimum Gasteiger partial charge on any atom is -0.362 e. The number of hydrogen-bond acceptors (Lipinski definition) is 7. The molecule has 2 saturated heterocycles. The summed E-state index contributed by atoms with van der Waals surface area (Å²) < 4.78 is 154. The molecule has 1 unspecified atom stereocenters. The van der Waals surface area contributed by atoms with Gasteiger partial charge in [-0.3, -0.25) is 19.2 Å². The molecular weight excluding hydrogens is 1080 g/mol. The molecule has 0 N–H and O–H groups in total. The molecule has 4 heterocycles. The van der Waals surface area contributed by atoms with Crippen molar-refractivity contribution in [1.82, 2.24) is 9.80 Å². The summed E-state index contributed by atoms with van der Waals surface area (Å²) in [6.07, 6.45) is -17.0. The Balaban J connectivity index is 0.000000261. The number of thiol groups is 1. The quantitative estimate of drug-likeness (QED) is 0.0590. The molecule has 1 atom stereocenters. The molecular formula is C48H41Cl4F11N2O6S. The minimum absolute atomic E-state index is 0. The lowest BCUT2D eigenvalue weighted by Gasteiger charge is -2.47. The number of carbonyl (C=O) groups excluding carboxylic acids is 4. The smallest absolute Gasteiger partial charge is 0.362 e. The lowest BCUT2D eigenvalue weighted by molar-refractivity contribution is -0.186. The van der Waals surface area contributed by atoms with Gasteiger partial charge < -0.3 is 19.3 Å². The zero-order valence-electron chi connectivity index (χ0n) is 35.7. The van der Waals surface area contributed by atoms with Crippen LogP contribution in [0.1, 0.15) is 95.1 Å². The number of nitrogens with zero attached hydrogens (tertiary/aromatic N) is 2. The number of hydrogen-bond donors (Lipinski definition) is 1. The fourth-order valence-corrected chi connectivity index (χ4v) is 9.70. The summed E-state index contributed by atoms with van der Waals surface area (Å²) >= 11 is 27.5. The first kappa shape index (κ1) is 58.4. The van der Waals surface area contributed by atoms with E-state index in [-0.39, 0.29) is 82.1 Å². The lowest BCUT2D eigenvalue weighted by Crippen LogP contribution is -2.61. The van der Waals surface area contributed by atoms with E-state index in [0.29, 0.717) is 40.5 Å². The molecule has 0 radical (unpaired) electrons. The predicted molar refractivity (Wildman–Crippen MR) is 250 cm³/mol. The Labute approximate surface area is 430 Å². The van der Waals surface area contributed by atoms with Crippen LogP contribution in [0.15, 0.2) is 66.7 Å². The Morgan fingerprint density at radius 3 is 1.40 bits per heavy atom. The number of allylic oxidation sites excluding steroid dienone is 2. The highest BCUT2D eigenvalue weighted by atomic mass is 35.5. The van der Waals surface area contributed by atoms with Gasteiger partial charge in [-0.1, -0.05) is 85.5 Å². The maximum absolute atomic E-state index is 13.8. The number of halogens is 15. The largest absolute Gasteiger partial charge is 0.417 e. The van der Waals surface area contributed by atoms with Crippen LogP contribution in [-0.2, 0) is 48.2 Å². The summed E-state index contributed by atoms with van der Waals surface area (Å²) in [5.41, 5.74) is -0.606. The summed E-state index contributed by atoms with van der Waals surface area (Å²) in [7, 11) is 0. The zero-order chi connectivity index (χ0) is 51.7. The van der Waals surface area contributed by atoms with Crippen molar-refractivity contribution in [2.45, 2.75) is 88.7 Å². The van der Waals surface area contributed by atoms with Crippen LogP contribution in [0.5, 0.6) is 0 Å². The van der Waals surface area contributed by atoms with Crippen molar-refractivity contribution in [2.24, 2.45) is 0 Å². The standard InChI is InChI=1S/C23H14Cl2F7NO3.C23H19Cl2F4NO3S.2CH4/c24-16-4-12(5-17(25)20(16)26)15(23(30,31)32)6-18(34)11-1-2-14-13(3-11)8-36-21(14)9-33(10-21)19(35)7-22(27,28)29;1-21(34,14-5-16(24)20(26)17(25)6-14)7-18(31)12-2-3-15-13(4-12)9-33-22(15)10-30(11-22)19(32)8-23(27,28)29;;/h1-6H,7-10H2;2-6,34H,7-11H2,1H3;2*1H4. The Hall–Kier alpha value is -4.44. The van der Waals surface area contributed by atoms with Crippen molar-refractivity contribution in [1.29, 1.82) is 0 Å². The molecule has 72 heavy (non-hydrogen) atoms. The van der Waals surface area contributed by atoms with Crippen LogP contribution in [-0.4, -0.2) is 77.9 Å². The number of fused-ring (bicyclic) bond motifs is 4. The van der Waals surface area contributed by atoms with Gasteiger partial charge >= 0.3 is 18.5 Å². The van der Waals surface area contributed by atoms with Crippen LogP contribution in [0.25, 0.3) is 5.57 Å². The van der Waals surface area contributed by atoms with Gasteiger partial charge in [0.15, 0.2) is 23.2 Å². The highest BCUT2D eigenvalue weighted by Crippen LogP contribution is 2.47.